The van der Waals surface area contributed by atoms with Gasteiger partial charge in [0.15, 0.2) is 0 Å². The quantitative estimate of drug-likeness (QED) is 0.255. The van der Waals surface area contributed by atoms with Crippen molar-refractivity contribution in [3.05, 3.63) is 77.2 Å². The van der Waals surface area contributed by atoms with Crippen LogP contribution >= 0.6 is 0 Å². The summed E-state index contributed by atoms with van der Waals surface area (Å²) in [6, 6.07) is 15.0. The lowest BCUT2D eigenvalue weighted by molar-refractivity contribution is -0.383. The number of fused-ring (bicyclic) bond motifs is 1. The monoisotopic (exact) mass is 493 g/mol. The maximum atomic E-state index is 12.7. The summed E-state index contributed by atoms with van der Waals surface area (Å²) in [5.74, 6) is -0.0326. The predicted molar refractivity (Wildman–Crippen MR) is 134 cm³/mol. The molecule has 0 aliphatic carbocycles. The summed E-state index contributed by atoms with van der Waals surface area (Å²) < 4.78 is 26.8. The van der Waals surface area contributed by atoms with Crippen LogP contribution in [-0.2, 0) is 10.0 Å². The molecule has 0 amide bonds. The number of pyridine rings is 1. The Bertz CT molecular complexity index is 1470. The van der Waals surface area contributed by atoms with Crippen molar-refractivity contribution < 1.29 is 13.3 Å². The fourth-order valence-electron chi connectivity index (χ4n) is 3.63. The Labute approximate surface area is 202 Å². The highest BCUT2D eigenvalue weighted by atomic mass is 32.2. The third-order valence-corrected chi connectivity index (χ3v) is 7.43. The largest absolute Gasteiger partial charge is 0.353 e. The third kappa shape index (κ3) is 4.88. The van der Waals surface area contributed by atoms with E-state index in [4.69, 9.17) is 0 Å². The molecule has 4 aromatic rings. The molecule has 11 nitrogen and oxygen atoms in total. The number of sulfonamides is 1. The van der Waals surface area contributed by atoms with Gasteiger partial charge in [-0.3, -0.25) is 15.1 Å². The van der Waals surface area contributed by atoms with Gasteiger partial charge in [-0.1, -0.05) is 19.9 Å². The summed E-state index contributed by atoms with van der Waals surface area (Å²) in [5, 5.41) is 18.7. The Morgan fingerprint density at radius 3 is 2.26 bits per heavy atom. The van der Waals surface area contributed by atoms with Crippen molar-refractivity contribution in [3.8, 4) is 0 Å². The van der Waals surface area contributed by atoms with Gasteiger partial charge in [0.25, 0.3) is 0 Å². The molecule has 180 valence electrons. The maximum Gasteiger partial charge on any atom is 0.353 e. The molecule has 2 aromatic carbocycles. The number of aromatic nitrogens is 3. The second kappa shape index (κ2) is 9.99. The van der Waals surface area contributed by atoms with Gasteiger partial charge in [0.2, 0.25) is 21.7 Å². The number of hydrogen-bond acceptors (Lipinski definition) is 9. The second-order valence-electron chi connectivity index (χ2n) is 7.42. The highest BCUT2D eigenvalue weighted by Gasteiger charge is 2.25. The van der Waals surface area contributed by atoms with E-state index in [1.165, 1.54) is 34.9 Å². The molecule has 2 N–H and O–H groups in total. The molecule has 0 aliphatic heterocycles. The highest BCUT2D eigenvalue weighted by molar-refractivity contribution is 7.89. The Morgan fingerprint density at radius 2 is 1.60 bits per heavy atom. The first-order valence-electron chi connectivity index (χ1n) is 10.8. The summed E-state index contributed by atoms with van der Waals surface area (Å²) in [6.45, 7) is 4.25. The molecule has 4 rings (SSSR count). The summed E-state index contributed by atoms with van der Waals surface area (Å²) in [4.78, 5) is 23.9. The molecule has 0 radical (unpaired) electrons. The van der Waals surface area contributed by atoms with E-state index in [0.29, 0.717) is 24.5 Å². The number of rotatable bonds is 9. The molecule has 0 unspecified atom stereocenters. The van der Waals surface area contributed by atoms with Gasteiger partial charge in [-0.2, -0.15) is 4.31 Å². The molecule has 0 atom stereocenters. The molecule has 35 heavy (non-hydrogen) atoms. The molecule has 0 spiro atoms. The summed E-state index contributed by atoms with van der Waals surface area (Å²) in [5.41, 5.74) is 1.42. The molecular formula is C23H23N7O4S. The van der Waals surface area contributed by atoms with Crippen LogP contribution in [0.4, 0.5) is 28.7 Å². The van der Waals surface area contributed by atoms with E-state index in [9.17, 15) is 18.5 Å². The standard InChI is InChI=1S/C23H23N7O4S/c1-3-29(4-2)35(33,34)17-12-10-16(11-13-17)27-22-21(30(31)32)23(26-15-25-22)28-20-9-5-8-19-18(20)7-6-14-24-19/h5-15H,3-4H2,1-2H3,(H2,25,26,27,28). The van der Waals surface area contributed by atoms with E-state index in [2.05, 4.69) is 25.6 Å². The molecule has 2 aromatic heterocycles. The number of anilines is 4. The van der Waals surface area contributed by atoms with E-state index in [-0.39, 0.29) is 22.2 Å². The topological polar surface area (TPSA) is 143 Å². The van der Waals surface area contributed by atoms with Crippen molar-refractivity contribution in [2.24, 2.45) is 0 Å². The summed E-state index contributed by atoms with van der Waals surface area (Å²) in [7, 11) is -3.62. The van der Waals surface area contributed by atoms with E-state index in [1.807, 2.05) is 12.1 Å². The number of benzene rings is 2. The SMILES string of the molecule is CCN(CC)S(=O)(=O)c1ccc(Nc2ncnc(Nc3cccc4ncccc34)c2[N+](=O)[O-])cc1. The zero-order valence-electron chi connectivity index (χ0n) is 19.0. The minimum atomic E-state index is -3.62. The zero-order valence-corrected chi connectivity index (χ0v) is 19.9. The van der Waals surface area contributed by atoms with Gasteiger partial charge < -0.3 is 10.6 Å². The van der Waals surface area contributed by atoms with Crippen molar-refractivity contribution in [1.29, 1.82) is 0 Å². The van der Waals surface area contributed by atoms with Gasteiger partial charge >= 0.3 is 5.69 Å². The van der Waals surface area contributed by atoms with Gasteiger partial charge in [0.1, 0.15) is 6.33 Å². The van der Waals surface area contributed by atoms with Gasteiger partial charge in [-0.05, 0) is 48.5 Å². The molecule has 0 saturated heterocycles. The van der Waals surface area contributed by atoms with Crippen molar-refractivity contribution in [2.75, 3.05) is 23.7 Å². The normalized spacial score (nSPS) is 11.5. The molecule has 2 heterocycles. The third-order valence-electron chi connectivity index (χ3n) is 5.36. The van der Waals surface area contributed by atoms with E-state index in [1.54, 1.807) is 38.2 Å². The molecule has 0 aliphatic rings. The van der Waals surface area contributed by atoms with Crippen LogP contribution in [0.2, 0.25) is 0 Å². The van der Waals surface area contributed by atoms with E-state index < -0.39 is 14.9 Å². The van der Waals surface area contributed by atoms with Crippen LogP contribution in [0.3, 0.4) is 0 Å². The summed E-state index contributed by atoms with van der Waals surface area (Å²) >= 11 is 0. The molecule has 0 saturated carbocycles. The van der Waals surface area contributed by atoms with Crippen LogP contribution in [-0.4, -0.2) is 45.7 Å². The van der Waals surface area contributed by atoms with Crippen LogP contribution in [0.5, 0.6) is 0 Å². The number of hydrogen-bond donors (Lipinski definition) is 2. The van der Waals surface area contributed by atoms with Crippen LogP contribution in [0.1, 0.15) is 13.8 Å². The van der Waals surface area contributed by atoms with Crippen molar-refractivity contribution in [2.45, 2.75) is 18.7 Å². The first-order valence-corrected chi connectivity index (χ1v) is 12.3. The first kappa shape index (κ1) is 24.0. The molecular weight excluding hydrogens is 470 g/mol. The first-order chi connectivity index (χ1) is 16.8. The van der Waals surface area contributed by atoms with E-state index in [0.717, 1.165) is 10.9 Å². The zero-order chi connectivity index (χ0) is 25.0. The van der Waals surface area contributed by atoms with Crippen LogP contribution in [0.15, 0.2) is 72.0 Å². The number of nitro groups is 1. The lowest BCUT2D eigenvalue weighted by Gasteiger charge is -2.18. The lowest BCUT2D eigenvalue weighted by Crippen LogP contribution is -2.30. The molecule has 0 fully saturated rings. The minimum Gasteiger partial charge on any atom is -0.334 e. The van der Waals surface area contributed by atoms with E-state index >= 15 is 0 Å². The Morgan fingerprint density at radius 1 is 0.914 bits per heavy atom. The predicted octanol–water partition coefficient (Wildman–Crippen LogP) is 4.45. The maximum absolute atomic E-state index is 12.7. The number of nitrogens with one attached hydrogen (secondary N) is 2. The van der Waals surface area contributed by atoms with Crippen LogP contribution in [0.25, 0.3) is 10.9 Å². The minimum absolute atomic E-state index is 0.00424. The van der Waals surface area contributed by atoms with Gasteiger partial charge in [0.05, 0.1) is 15.3 Å². The molecule has 0 bridgehead atoms. The Hall–Kier alpha value is -4.16. The van der Waals surface area contributed by atoms with Gasteiger partial charge in [0, 0.05) is 36.0 Å². The van der Waals surface area contributed by atoms with Crippen molar-refractivity contribution in [3.63, 3.8) is 0 Å². The van der Waals surface area contributed by atoms with Gasteiger partial charge in [-0.15, -0.1) is 0 Å². The Kier molecular flexibility index (Phi) is 6.85. The van der Waals surface area contributed by atoms with Gasteiger partial charge in [-0.25, -0.2) is 18.4 Å². The molecule has 12 heteroatoms. The smallest absolute Gasteiger partial charge is 0.334 e. The van der Waals surface area contributed by atoms with Crippen molar-refractivity contribution in [1.82, 2.24) is 19.3 Å². The van der Waals surface area contributed by atoms with Crippen LogP contribution < -0.4 is 10.6 Å². The highest BCUT2D eigenvalue weighted by Crippen LogP contribution is 2.34. The Balaban J connectivity index is 1.65. The average Bonchev–Trinajstić information content (AvgIpc) is 2.85. The average molecular weight is 494 g/mol. The summed E-state index contributed by atoms with van der Waals surface area (Å²) in [6.07, 6.45) is 2.88. The van der Waals surface area contributed by atoms with Crippen LogP contribution in [0, 0.1) is 10.1 Å². The number of nitrogens with zero attached hydrogens (tertiary/aromatic N) is 5. The van der Waals surface area contributed by atoms with Crippen molar-refractivity contribution >= 4 is 49.6 Å². The lowest BCUT2D eigenvalue weighted by atomic mass is 10.2. The fourth-order valence-corrected chi connectivity index (χ4v) is 5.09. The fraction of sp³-hybridized carbons (Fsp3) is 0.174. The second-order valence-corrected chi connectivity index (χ2v) is 9.35.